The van der Waals surface area contributed by atoms with E-state index in [4.69, 9.17) is 10.5 Å². The van der Waals surface area contributed by atoms with Gasteiger partial charge in [0.05, 0.1) is 6.61 Å². The molecule has 0 saturated carbocycles. The summed E-state index contributed by atoms with van der Waals surface area (Å²) >= 11 is 0. The van der Waals surface area contributed by atoms with Gasteiger partial charge in [0.25, 0.3) is 0 Å². The van der Waals surface area contributed by atoms with Gasteiger partial charge in [-0.3, -0.25) is 4.57 Å². The maximum atomic E-state index is 10.5. The third-order valence-electron chi connectivity index (χ3n) is 4.90. The van der Waals surface area contributed by atoms with Gasteiger partial charge in [0.2, 0.25) is 5.95 Å². The smallest absolute Gasteiger partial charge is 0.210 e. The Hall–Kier alpha value is -2.01. The van der Waals surface area contributed by atoms with Crippen LogP contribution in [0.5, 0.6) is 0 Å². The van der Waals surface area contributed by atoms with Crippen LogP contribution >= 0.6 is 0 Å². The minimum Gasteiger partial charge on any atom is -0.394 e. The van der Waals surface area contributed by atoms with E-state index >= 15 is 0 Å². The molecule has 0 radical (unpaired) electrons. The van der Waals surface area contributed by atoms with Crippen LogP contribution in [-0.2, 0) is 4.74 Å². The lowest BCUT2D eigenvalue weighted by Gasteiger charge is -2.30. The predicted molar refractivity (Wildman–Crippen MR) is 88.8 cm³/mol. The molecule has 0 unspecified atom stereocenters. The largest absolute Gasteiger partial charge is 0.394 e. The maximum absolute atomic E-state index is 10.5. The summed E-state index contributed by atoms with van der Waals surface area (Å²) in [5.74, 6) is 0.825. The number of imidazole rings is 1. The molecule has 2 aromatic heterocycles. The monoisotopic (exact) mass is 350 g/mol. The fraction of sp³-hybridized carbons (Fsp3) is 0.667. The number of anilines is 2. The Morgan fingerprint density at radius 1 is 1.16 bits per heavy atom. The first kappa shape index (κ1) is 16.5. The van der Waals surface area contributed by atoms with Crippen molar-refractivity contribution in [1.82, 2.24) is 19.5 Å². The molecule has 0 aliphatic carbocycles. The summed E-state index contributed by atoms with van der Waals surface area (Å²) in [6.07, 6.45) is 0.383. The number of hydrogen-bond donors (Lipinski definition) is 4. The number of aliphatic hydroxyl groups excluding tert-OH is 3. The van der Waals surface area contributed by atoms with E-state index in [9.17, 15) is 15.3 Å². The van der Waals surface area contributed by atoms with Crippen LogP contribution in [0.4, 0.5) is 11.8 Å². The highest BCUT2D eigenvalue weighted by atomic mass is 16.6. The van der Waals surface area contributed by atoms with Crippen molar-refractivity contribution in [1.29, 1.82) is 0 Å². The maximum Gasteiger partial charge on any atom is 0.210 e. The first-order valence-corrected chi connectivity index (χ1v) is 8.47. The number of piperidine rings is 1. The Labute approximate surface area is 143 Å². The molecule has 5 N–H and O–H groups in total. The second-order valence-corrected chi connectivity index (χ2v) is 6.49. The average Bonchev–Trinajstić information content (AvgIpc) is 3.15. The molecule has 25 heavy (non-hydrogen) atoms. The van der Waals surface area contributed by atoms with Crippen LogP contribution in [0.15, 0.2) is 6.33 Å². The highest BCUT2D eigenvalue weighted by Gasteiger charge is 2.45. The molecule has 0 bridgehead atoms. The van der Waals surface area contributed by atoms with Gasteiger partial charge in [-0.15, -0.1) is 0 Å². The second kappa shape index (κ2) is 6.37. The topological polar surface area (TPSA) is 143 Å². The number of fused-ring (bicyclic) bond motifs is 1. The van der Waals surface area contributed by atoms with Crippen molar-refractivity contribution >= 4 is 22.9 Å². The summed E-state index contributed by atoms with van der Waals surface area (Å²) in [5, 5.41) is 29.9. The van der Waals surface area contributed by atoms with Crippen molar-refractivity contribution in [3.63, 3.8) is 0 Å². The van der Waals surface area contributed by atoms with Crippen molar-refractivity contribution < 1.29 is 20.1 Å². The fourth-order valence-corrected chi connectivity index (χ4v) is 3.56. The van der Waals surface area contributed by atoms with E-state index in [1.807, 2.05) is 0 Å². The lowest BCUT2D eigenvalue weighted by atomic mass is 10.1. The number of ether oxygens (including phenoxy) is 1. The van der Waals surface area contributed by atoms with Crippen LogP contribution in [0, 0.1) is 0 Å². The Morgan fingerprint density at radius 2 is 1.92 bits per heavy atom. The first-order valence-electron chi connectivity index (χ1n) is 8.47. The normalized spacial score (nSPS) is 30.3. The number of rotatable bonds is 3. The van der Waals surface area contributed by atoms with Crippen LogP contribution < -0.4 is 10.6 Å². The van der Waals surface area contributed by atoms with Gasteiger partial charge in [-0.25, -0.2) is 15.0 Å². The molecular formula is C15H22N6O4. The molecule has 0 amide bonds. The van der Waals surface area contributed by atoms with Crippen molar-refractivity contribution in [2.24, 2.45) is 0 Å². The number of hydrogen-bond acceptors (Lipinski definition) is 9. The molecule has 2 aromatic rings. The number of nitrogens with two attached hydrogens (primary N) is 1. The standard InChI is InChI=1S/C15H22N6O4/c16-12-9-13(18-7-17-12)21(14-11(24)10(23)8(6-22)25-14)15(19-9)20-4-2-1-3-5-20/h7-8,10-11,14,22-24H,1-6H2,(H2,16,17,18)/t8-,10+,11-,14-/m0/s1. The van der Waals surface area contributed by atoms with Crippen LogP contribution in [0.2, 0.25) is 0 Å². The van der Waals surface area contributed by atoms with E-state index in [1.165, 1.54) is 6.33 Å². The Balaban J connectivity index is 1.84. The first-order chi connectivity index (χ1) is 12.1. The van der Waals surface area contributed by atoms with Gasteiger partial charge < -0.3 is 30.7 Å². The average molecular weight is 350 g/mol. The molecule has 4 atom stereocenters. The summed E-state index contributed by atoms with van der Waals surface area (Å²) in [6.45, 7) is 1.26. The van der Waals surface area contributed by atoms with Crippen molar-refractivity contribution in [2.75, 3.05) is 30.3 Å². The fourth-order valence-electron chi connectivity index (χ4n) is 3.56. The summed E-state index contributed by atoms with van der Waals surface area (Å²) < 4.78 is 7.36. The molecule has 136 valence electrons. The number of aromatic nitrogens is 4. The predicted octanol–water partition coefficient (Wildman–Crippen LogP) is -0.990. The van der Waals surface area contributed by atoms with Gasteiger partial charge >= 0.3 is 0 Å². The van der Waals surface area contributed by atoms with Crippen molar-refractivity contribution in [3.05, 3.63) is 6.33 Å². The Morgan fingerprint density at radius 3 is 2.60 bits per heavy atom. The van der Waals surface area contributed by atoms with Crippen LogP contribution in [0.25, 0.3) is 11.2 Å². The van der Waals surface area contributed by atoms with Gasteiger partial charge in [0.15, 0.2) is 23.2 Å². The number of nitrogens with zero attached hydrogens (tertiary/aromatic N) is 5. The molecule has 0 aromatic carbocycles. The van der Waals surface area contributed by atoms with E-state index < -0.39 is 31.1 Å². The zero-order chi connectivity index (χ0) is 17.6. The van der Waals surface area contributed by atoms with E-state index in [2.05, 4.69) is 19.9 Å². The number of nitrogen functional groups attached to an aromatic ring is 1. The van der Waals surface area contributed by atoms with Gasteiger partial charge in [0, 0.05) is 13.1 Å². The molecular weight excluding hydrogens is 328 g/mol. The molecule has 10 heteroatoms. The van der Waals surface area contributed by atoms with E-state index in [0.29, 0.717) is 17.1 Å². The minimum atomic E-state index is -1.21. The molecule has 10 nitrogen and oxygen atoms in total. The number of aliphatic hydroxyl groups is 3. The highest BCUT2D eigenvalue weighted by molar-refractivity contribution is 5.84. The highest BCUT2D eigenvalue weighted by Crippen LogP contribution is 2.36. The summed E-state index contributed by atoms with van der Waals surface area (Å²) in [5.41, 5.74) is 6.81. The molecule has 0 spiro atoms. The summed E-state index contributed by atoms with van der Waals surface area (Å²) in [7, 11) is 0. The molecule has 4 heterocycles. The lowest BCUT2D eigenvalue weighted by molar-refractivity contribution is -0.0504. The molecule has 2 fully saturated rings. The van der Waals surface area contributed by atoms with E-state index in [-0.39, 0.29) is 5.82 Å². The molecule has 2 aliphatic rings. The Kier molecular flexibility index (Phi) is 4.20. The molecule has 2 saturated heterocycles. The molecule has 2 aliphatic heterocycles. The Bertz CT molecular complexity index is 762. The van der Waals surface area contributed by atoms with Crippen molar-refractivity contribution in [2.45, 2.75) is 43.8 Å². The zero-order valence-corrected chi connectivity index (χ0v) is 13.7. The SMILES string of the molecule is Nc1ncnc2c1nc(N1CCCCC1)n2[C@H]1O[C@@H](CO)[C@@H](O)[C@@H]1O. The van der Waals surface area contributed by atoms with E-state index in [1.54, 1.807) is 4.57 Å². The lowest BCUT2D eigenvalue weighted by Crippen LogP contribution is -2.35. The second-order valence-electron chi connectivity index (χ2n) is 6.49. The van der Waals surface area contributed by atoms with Crippen molar-refractivity contribution in [3.8, 4) is 0 Å². The van der Waals surface area contributed by atoms with Crippen LogP contribution in [0.1, 0.15) is 25.5 Å². The zero-order valence-electron chi connectivity index (χ0n) is 13.7. The summed E-state index contributed by atoms with van der Waals surface area (Å²) in [6, 6.07) is 0. The van der Waals surface area contributed by atoms with Gasteiger partial charge in [-0.05, 0) is 19.3 Å². The van der Waals surface area contributed by atoms with Gasteiger partial charge in [0.1, 0.15) is 24.6 Å². The van der Waals surface area contributed by atoms with Crippen LogP contribution in [-0.4, -0.2) is 72.8 Å². The molecule has 4 rings (SSSR count). The quantitative estimate of drug-likeness (QED) is 0.548. The van der Waals surface area contributed by atoms with Gasteiger partial charge in [-0.2, -0.15) is 0 Å². The van der Waals surface area contributed by atoms with E-state index in [0.717, 1.165) is 32.4 Å². The summed E-state index contributed by atoms with van der Waals surface area (Å²) in [4.78, 5) is 14.9. The third-order valence-corrected chi connectivity index (χ3v) is 4.90. The third kappa shape index (κ3) is 2.61. The minimum absolute atomic E-state index is 0.244. The van der Waals surface area contributed by atoms with Gasteiger partial charge in [-0.1, -0.05) is 0 Å². The van der Waals surface area contributed by atoms with Crippen LogP contribution in [0.3, 0.4) is 0 Å².